The van der Waals surface area contributed by atoms with Crippen LogP contribution in [0.2, 0.25) is 10.0 Å². The molecule has 0 radical (unpaired) electrons. The molecule has 2 heterocycles. The van der Waals surface area contributed by atoms with Gasteiger partial charge in [0.25, 0.3) is 5.91 Å². The maximum atomic E-state index is 13.0. The summed E-state index contributed by atoms with van der Waals surface area (Å²) in [6, 6.07) is 12.5. The molecule has 1 aromatic heterocycles. The zero-order valence-corrected chi connectivity index (χ0v) is 20.3. The van der Waals surface area contributed by atoms with Gasteiger partial charge in [-0.1, -0.05) is 35.3 Å². The van der Waals surface area contributed by atoms with Crippen LogP contribution in [0.25, 0.3) is 10.6 Å². The van der Waals surface area contributed by atoms with Crippen molar-refractivity contribution in [3.05, 3.63) is 63.1 Å². The molecule has 1 aliphatic rings. The molecule has 33 heavy (non-hydrogen) atoms. The van der Waals surface area contributed by atoms with E-state index in [9.17, 15) is 9.90 Å². The number of halogens is 2. The van der Waals surface area contributed by atoms with Crippen molar-refractivity contribution in [2.45, 2.75) is 19.3 Å². The number of aromatic nitrogens is 1. The van der Waals surface area contributed by atoms with Gasteiger partial charge in [0.15, 0.2) is 0 Å². The van der Waals surface area contributed by atoms with Gasteiger partial charge in [0.05, 0.1) is 10.7 Å². The molecule has 0 bridgehead atoms. The Morgan fingerprint density at radius 3 is 2.61 bits per heavy atom. The van der Waals surface area contributed by atoms with Crippen molar-refractivity contribution in [2.24, 2.45) is 0 Å². The lowest BCUT2D eigenvalue weighted by atomic mass is 10.2. The third kappa shape index (κ3) is 6.25. The second kappa shape index (κ2) is 11.3. The van der Waals surface area contributed by atoms with Gasteiger partial charge in [-0.2, -0.15) is 0 Å². The number of aliphatic hydroxyl groups excluding tert-OH is 1. The summed E-state index contributed by atoms with van der Waals surface area (Å²) in [6.07, 6.45) is 2.78. The Balaban J connectivity index is 1.43. The second-order valence-electron chi connectivity index (χ2n) is 7.77. The van der Waals surface area contributed by atoms with Crippen molar-refractivity contribution in [1.29, 1.82) is 0 Å². The van der Waals surface area contributed by atoms with Crippen molar-refractivity contribution >= 4 is 46.1 Å². The third-order valence-corrected chi connectivity index (χ3v) is 7.09. The first kappa shape index (κ1) is 24.0. The Bertz CT molecular complexity index is 1100. The highest BCUT2D eigenvalue weighted by atomic mass is 35.5. The van der Waals surface area contributed by atoms with E-state index in [4.69, 9.17) is 27.9 Å². The van der Waals surface area contributed by atoms with Gasteiger partial charge < -0.3 is 15.2 Å². The average Bonchev–Trinajstić information content (AvgIpc) is 3.46. The molecule has 2 aromatic carbocycles. The third-order valence-electron chi connectivity index (χ3n) is 5.40. The summed E-state index contributed by atoms with van der Waals surface area (Å²) in [5.41, 5.74) is 1.98. The van der Waals surface area contributed by atoms with Crippen LogP contribution < -0.4 is 10.1 Å². The van der Waals surface area contributed by atoms with E-state index < -0.39 is 0 Å². The van der Waals surface area contributed by atoms with Crippen LogP contribution in [-0.2, 0) is 6.42 Å². The molecule has 0 spiro atoms. The summed E-state index contributed by atoms with van der Waals surface area (Å²) in [5.74, 6) is 0.299. The zero-order chi connectivity index (χ0) is 23.2. The Morgan fingerprint density at radius 1 is 1.15 bits per heavy atom. The minimum absolute atomic E-state index is 0.0979. The minimum atomic E-state index is -0.296. The van der Waals surface area contributed by atoms with E-state index in [-0.39, 0.29) is 18.9 Å². The van der Waals surface area contributed by atoms with Crippen molar-refractivity contribution in [1.82, 2.24) is 9.88 Å². The predicted octanol–water partition coefficient (Wildman–Crippen LogP) is 5.38. The molecule has 1 fully saturated rings. The summed E-state index contributed by atoms with van der Waals surface area (Å²) < 4.78 is 5.82. The van der Waals surface area contributed by atoms with Crippen LogP contribution in [-0.4, -0.2) is 53.7 Å². The molecule has 4 rings (SSSR count). The highest BCUT2D eigenvalue weighted by Crippen LogP contribution is 2.31. The normalized spacial score (nSPS) is 13.9. The van der Waals surface area contributed by atoms with Gasteiger partial charge in [0.2, 0.25) is 0 Å². The van der Waals surface area contributed by atoms with Crippen LogP contribution in [0.1, 0.15) is 28.2 Å². The van der Waals surface area contributed by atoms with Gasteiger partial charge in [-0.3, -0.25) is 9.69 Å². The monoisotopic (exact) mass is 505 g/mol. The first-order valence-corrected chi connectivity index (χ1v) is 12.4. The van der Waals surface area contributed by atoms with E-state index >= 15 is 0 Å². The zero-order valence-electron chi connectivity index (χ0n) is 18.0. The summed E-state index contributed by atoms with van der Waals surface area (Å²) in [5, 5.41) is 14.1. The molecule has 2 N–H and O–H groups in total. The summed E-state index contributed by atoms with van der Waals surface area (Å²) >= 11 is 13.6. The Kier molecular flexibility index (Phi) is 8.22. The molecule has 1 saturated heterocycles. The molecule has 9 heteroatoms. The quantitative estimate of drug-likeness (QED) is 0.408. The highest BCUT2D eigenvalue weighted by molar-refractivity contribution is 7.17. The van der Waals surface area contributed by atoms with Gasteiger partial charge >= 0.3 is 0 Å². The molecular weight excluding hydrogens is 481 g/mol. The Labute approximate surface area is 207 Å². The lowest BCUT2D eigenvalue weighted by molar-refractivity contribution is 0.102. The number of anilines is 1. The smallest absolute Gasteiger partial charge is 0.267 e. The molecule has 1 amide bonds. The maximum absolute atomic E-state index is 13.0. The lowest BCUT2D eigenvalue weighted by Gasteiger charge is -2.15. The maximum Gasteiger partial charge on any atom is 0.267 e. The van der Waals surface area contributed by atoms with Crippen LogP contribution in [0.15, 0.2) is 42.5 Å². The van der Waals surface area contributed by atoms with Gasteiger partial charge in [-0.15, -0.1) is 11.3 Å². The molecule has 0 unspecified atom stereocenters. The number of ether oxygens (including phenoxy) is 1. The summed E-state index contributed by atoms with van der Waals surface area (Å²) in [6.45, 7) is 3.60. The second-order valence-corrected chi connectivity index (χ2v) is 9.61. The average molecular weight is 506 g/mol. The molecule has 3 aromatic rings. The summed E-state index contributed by atoms with van der Waals surface area (Å²) in [4.78, 5) is 20.4. The number of benzene rings is 2. The number of thiazole rings is 1. The van der Waals surface area contributed by atoms with Crippen molar-refractivity contribution < 1.29 is 14.6 Å². The van der Waals surface area contributed by atoms with Crippen molar-refractivity contribution in [3.63, 3.8) is 0 Å². The van der Waals surface area contributed by atoms with Gasteiger partial charge in [0.1, 0.15) is 22.2 Å². The van der Waals surface area contributed by atoms with E-state index in [1.54, 1.807) is 30.3 Å². The van der Waals surface area contributed by atoms with Gasteiger partial charge in [0, 0.05) is 35.8 Å². The molecule has 0 atom stereocenters. The molecule has 0 aliphatic carbocycles. The van der Waals surface area contributed by atoms with Gasteiger partial charge in [-0.05, 0) is 56.3 Å². The van der Waals surface area contributed by atoms with Crippen LogP contribution in [0.5, 0.6) is 5.75 Å². The minimum Gasteiger partial charge on any atom is -0.491 e. The first-order chi connectivity index (χ1) is 16.0. The van der Waals surface area contributed by atoms with Gasteiger partial charge in [-0.25, -0.2) is 4.98 Å². The van der Waals surface area contributed by atoms with Crippen LogP contribution >= 0.6 is 34.5 Å². The lowest BCUT2D eigenvalue weighted by Crippen LogP contribution is -2.25. The number of carbonyl (C=O) groups is 1. The molecule has 174 valence electrons. The van der Waals surface area contributed by atoms with Crippen LogP contribution in [0.4, 0.5) is 5.69 Å². The fourth-order valence-corrected chi connectivity index (χ4v) is 5.07. The number of nitrogens with one attached hydrogen (secondary N) is 1. The summed E-state index contributed by atoms with van der Waals surface area (Å²) in [7, 11) is 0. The fourth-order valence-electron chi connectivity index (χ4n) is 3.69. The van der Waals surface area contributed by atoms with Crippen molar-refractivity contribution in [2.75, 3.05) is 38.2 Å². The molecule has 6 nitrogen and oxygen atoms in total. The number of aliphatic hydroxyl groups is 1. The number of rotatable bonds is 9. The number of hydrogen-bond donors (Lipinski definition) is 2. The SMILES string of the molecule is O=C(Nc1ccc(OCCN2CCCC2)c(Cl)c1)c1sc(-c2ccc(Cl)cc2)nc1CCO. The van der Waals surface area contributed by atoms with E-state index in [1.807, 2.05) is 12.1 Å². The molecule has 1 aliphatic heterocycles. The van der Waals surface area contributed by atoms with E-state index in [1.165, 1.54) is 24.2 Å². The van der Waals surface area contributed by atoms with E-state index in [0.717, 1.165) is 25.2 Å². The standard InChI is InChI=1S/C24H25Cl2N3O3S/c25-17-5-3-16(4-6-17)24-28-20(9-13-30)22(33-24)23(31)27-18-7-8-21(19(26)15-18)32-14-12-29-10-1-2-11-29/h3-8,15,30H,1-2,9-14H2,(H,27,31). The Hall–Kier alpha value is -2.16. The van der Waals surface area contributed by atoms with Crippen molar-refractivity contribution in [3.8, 4) is 16.3 Å². The molecular formula is C24H25Cl2N3O3S. The first-order valence-electron chi connectivity index (χ1n) is 10.9. The topological polar surface area (TPSA) is 74.7 Å². The van der Waals surface area contributed by atoms with Crippen LogP contribution in [0, 0.1) is 0 Å². The number of amides is 1. The van der Waals surface area contributed by atoms with E-state index in [2.05, 4.69) is 15.2 Å². The number of carbonyl (C=O) groups excluding carboxylic acids is 1. The predicted molar refractivity (Wildman–Crippen MR) is 134 cm³/mol. The fraction of sp³-hybridized carbons (Fsp3) is 0.333. The van der Waals surface area contributed by atoms with E-state index in [0.29, 0.717) is 43.7 Å². The number of hydrogen-bond acceptors (Lipinski definition) is 6. The number of nitrogens with zero attached hydrogens (tertiary/aromatic N) is 2. The van der Waals surface area contributed by atoms with Crippen LogP contribution in [0.3, 0.4) is 0 Å². The number of likely N-dealkylation sites (tertiary alicyclic amines) is 1. The molecule has 0 saturated carbocycles. The highest BCUT2D eigenvalue weighted by Gasteiger charge is 2.19. The largest absolute Gasteiger partial charge is 0.491 e. The Morgan fingerprint density at radius 2 is 1.91 bits per heavy atom.